The number of nitrogens with zero attached hydrogens (tertiary/aromatic N) is 2. The zero-order valence-electron chi connectivity index (χ0n) is 13.2. The molecule has 2 heterocycles. The fourth-order valence-corrected chi connectivity index (χ4v) is 4.21. The van der Waals surface area contributed by atoms with E-state index in [9.17, 15) is 13.2 Å². The maximum Gasteiger partial charge on any atom is 0.251 e. The lowest BCUT2D eigenvalue weighted by molar-refractivity contribution is 0.0954. The lowest BCUT2D eigenvalue weighted by Crippen LogP contribution is -2.28. The van der Waals surface area contributed by atoms with Crippen molar-refractivity contribution < 1.29 is 13.2 Å². The van der Waals surface area contributed by atoms with E-state index in [0.29, 0.717) is 31.6 Å². The monoisotopic (exact) mass is 348 g/mol. The zero-order valence-corrected chi connectivity index (χ0v) is 14.1. The Morgan fingerprint density at radius 1 is 1.17 bits per heavy atom. The first-order valence-corrected chi connectivity index (χ1v) is 9.38. The summed E-state index contributed by atoms with van der Waals surface area (Å²) in [5, 5.41) is 9.48. The number of rotatable bonds is 6. The number of hydrogen-bond acceptors (Lipinski definition) is 4. The van der Waals surface area contributed by atoms with Crippen molar-refractivity contribution in [3.63, 3.8) is 0 Å². The van der Waals surface area contributed by atoms with Gasteiger partial charge in [-0.2, -0.15) is 9.40 Å². The predicted molar refractivity (Wildman–Crippen MR) is 89.1 cm³/mol. The van der Waals surface area contributed by atoms with E-state index < -0.39 is 10.0 Å². The van der Waals surface area contributed by atoms with Gasteiger partial charge in [-0.15, -0.1) is 0 Å². The van der Waals surface area contributed by atoms with Gasteiger partial charge < -0.3 is 5.32 Å². The van der Waals surface area contributed by atoms with Gasteiger partial charge in [-0.3, -0.25) is 9.89 Å². The van der Waals surface area contributed by atoms with Crippen LogP contribution in [0.4, 0.5) is 0 Å². The van der Waals surface area contributed by atoms with Crippen LogP contribution in [0, 0.1) is 0 Å². The van der Waals surface area contributed by atoms with Gasteiger partial charge in [-0.05, 0) is 43.2 Å². The molecule has 1 saturated heterocycles. The summed E-state index contributed by atoms with van der Waals surface area (Å²) in [6.07, 6.45) is 4.12. The minimum absolute atomic E-state index is 0.223. The number of aromatic amines is 1. The van der Waals surface area contributed by atoms with Crippen LogP contribution in [0.15, 0.2) is 41.4 Å². The van der Waals surface area contributed by atoms with E-state index in [1.54, 1.807) is 18.3 Å². The van der Waals surface area contributed by atoms with Gasteiger partial charge in [-0.1, -0.05) is 0 Å². The van der Waals surface area contributed by atoms with Gasteiger partial charge >= 0.3 is 0 Å². The Morgan fingerprint density at radius 2 is 1.88 bits per heavy atom. The fraction of sp³-hybridized carbons (Fsp3) is 0.375. The first kappa shape index (κ1) is 16.7. The molecule has 0 saturated carbocycles. The number of sulfonamides is 1. The van der Waals surface area contributed by atoms with E-state index in [2.05, 4.69) is 15.5 Å². The molecular weight excluding hydrogens is 328 g/mol. The smallest absolute Gasteiger partial charge is 0.251 e. The van der Waals surface area contributed by atoms with Crippen LogP contribution >= 0.6 is 0 Å². The van der Waals surface area contributed by atoms with Gasteiger partial charge in [0, 0.05) is 43.5 Å². The van der Waals surface area contributed by atoms with E-state index in [4.69, 9.17) is 0 Å². The highest BCUT2D eigenvalue weighted by Gasteiger charge is 2.27. The summed E-state index contributed by atoms with van der Waals surface area (Å²) in [5.41, 5.74) is 1.39. The molecule has 2 N–H and O–H groups in total. The molecule has 1 amide bonds. The molecule has 0 atom stereocenters. The third-order valence-corrected chi connectivity index (χ3v) is 5.97. The summed E-state index contributed by atoms with van der Waals surface area (Å²) >= 11 is 0. The van der Waals surface area contributed by atoms with Crippen molar-refractivity contribution in [1.29, 1.82) is 0 Å². The van der Waals surface area contributed by atoms with Gasteiger partial charge in [0.05, 0.1) is 4.90 Å². The van der Waals surface area contributed by atoms with Crippen molar-refractivity contribution in [1.82, 2.24) is 19.8 Å². The Hall–Kier alpha value is -2.19. The molecule has 1 aliphatic rings. The van der Waals surface area contributed by atoms with Crippen molar-refractivity contribution in [2.24, 2.45) is 0 Å². The molecule has 7 nitrogen and oxygen atoms in total. The summed E-state index contributed by atoms with van der Waals surface area (Å²) in [5.74, 6) is -0.223. The second-order valence-electron chi connectivity index (χ2n) is 5.72. The summed E-state index contributed by atoms with van der Waals surface area (Å²) in [6, 6.07) is 7.95. The SMILES string of the molecule is O=C(NCCc1ccn[nH]1)c1ccc(S(=O)(=O)N2CCCC2)cc1. The van der Waals surface area contributed by atoms with Crippen molar-refractivity contribution >= 4 is 15.9 Å². The highest BCUT2D eigenvalue weighted by molar-refractivity contribution is 7.89. The van der Waals surface area contributed by atoms with Crippen molar-refractivity contribution in [3.05, 3.63) is 47.8 Å². The average molecular weight is 348 g/mol. The number of amides is 1. The molecule has 128 valence electrons. The lowest BCUT2D eigenvalue weighted by atomic mass is 10.2. The van der Waals surface area contributed by atoms with E-state index in [1.807, 2.05) is 6.07 Å². The van der Waals surface area contributed by atoms with E-state index >= 15 is 0 Å². The summed E-state index contributed by atoms with van der Waals surface area (Å²) in [4.78, 5) is 12.3. The second kappa shape index (κ2) is 7.14. The summed E-state index contributed by atoms with van der Waals surface area (Å²) < 4.78 is 26.4. The molecule has 8 heteroatoms. The van der Waals surface area contributed by atoms with Crippen LogP contribution in [0.2, 0.25) is 0 Å². The van der Waals surface area contributed by atoms with E-state index in [1.165, 1.54) is 16.4 Å². The van der Waals surface area contributed by atoms with Gasteiger partial charge in [0.25, 0.3) is 5.91 Å². The first-order valence-electron chi connectivity index (χ1n) is 7.94. The summed E-state index contributed by atoms with van der Waals surface area (Å²) in [7, 11) is -3.44. The van der Waals surface area contributed by atoms with Crippen molar-refractivity contribution in [2.45, 2.75) is 24.2 Å². The highest BCUT2D eigenvalue weighted by atomic mass is 32.2. The Bertz CT molecular complexity index is 779. The lowest BCUT2D eigenvalue weighted by Gasteiger charge is -2.15. The molecule has 2 aromatic rings. The van der Waals surface area contributed by atoms with Gasteiger partial charge in [0.2, 0.25) is 10.0 Å². The molecule has 0 aliphatic carbocycles. The maximum atomic E-state index is 12.4. The van der Waals surface area contributed by atoms with Crippen LogP contribution in [-0.4, -0.2) is 48.5 Å². The third kappa shape index (κ3) is 3.65. The Balaban J connectivity index is 1.60. The zero-order chi connectivity index (χ0) is 17.0. The molecule has 0 radical (unpaired) electrons. The van der Waals surface area contributed by atoms with Crippen molar-refractivity contribution in [2.75, 3.05) is 19.6 Å². The largest absolute Gasteiger partial charge is 0.352 e. The van der Waals surface area contributed by atoms with Gasteiger partial charge in [0.15, 0.2) is 0 Å². The van der Waals surface area contributed by atoms with Crippen LogP contribution < -0.4 is 5.32 Å². The molecule has 0 bridgehead atoms. The number of nitrogens with one attached hydrogen (secondary N) is 2. The minimum Gasteiger partial charge on any atom is -0.352 e. The molecule has 1 aromatic heterocycles. The molecular formula is C16H20N4O3S. The number of H-pyrrole nitrogens is 1. The number of benzene rings is 1. The van der Waals surface area contributed by atoms with Gasteiger partial charge in [-0.25, -0.2) is 8.42 Å². The van der Waals surface area contributed by atoms with E-state index in [-0.39, 0.29) is 10.8 Å². The first-order chi connectivity index (χ1) is 11.6. The van der Waals surface area contributed by atoms with Gasteiger partial charge in [0.1, 0.15) is 0 Å². The van der Waals surface area contributed by atoms with E-state index in [0.717, 1.165) is 18.5 Å². The van der Waals surface area contributed by atoms with Crippen LogP contribution in [-0.2, 0) is 16.4 Å². The van der Waals surface area contributed by atoms with Crippen LogP contribution in [0.3, 0.4) is 0 Å². The summed E-state index contributed by atoms with van der Waals surface area (Å²) in [6.45, 7) is 1.62. The molecule has 1 fully saturated rings. The quantitative estimate of drug-likeness (QED) is 0.819. The fourth-order valence-electron chi connectivity index (χ4n) is 2.69. The van der Waals surface area contributed by atoms with Crippen LogP contribution in [0.5, 0.6) is 0 Å². The number of aromatic nitrogens is 2. The second-order valence-corrected chi connectivity index (χ2v) is 7.66. The average Bonchev–Trinajstić information content (AvgIpc) is 3.29. The topological polar surface area (TPSA) is 95.2 Å². The maximum absolute atomic E-state index is 12.4. The van der Waals surface area contributed by atoms with Crippen LogP contribution in [0.25, 0.3) is 0 Å². The number of carbonyl (C=O) groups excluding carboxylic acids is 1. The standard InChI is InChI=1S/C16H20N4O3S/c21-16(17-9-7-14-8-10-18-19-14)13-3-5-15(6-4-13)24(22,23)20-11-1-2-12-20/h3-6,8,10H,1-2,7,9,11-12H2,(H,17,21)(H,18,19). The molecule has 0 spiro atoms. The van der Waals surface area contributed by atoms with Crippen LogP contribution in [0.1, 0.15) is 28.9 Å². The number of hydrogen-bond donors (Lipinski definition) is 2. The third-order valence-electron chi connectivity index (χ3n) is 4.06. The Kier molecular flexibility index (Phi) is 4.96. The highest BCUT2D eigenvalue weighted by Crippen LogP contribution is 2.21. The Labute approximate surface area is 141 Å². The normalized spacial score (nSPS) is 15.5. The molecule has 24 heavy (non-hydrogen) atoms. The number of carbonyl (C=O) groups is 1. The minimum atomic E-state index is -3.44. The molecule has 1 aromatic carbocycles. The predicted octanol–water partition coefficient (Wildman–Crippen LogP) is 1.17. The Morgan fingerprint density at radius 3 is 2.50 bits per heavy atom. The molecule has 3 rings (SSSR count). The van der Waals surface area contributed by atoms with Crippen molar-refractivity contribution in [3.8, 4) is 0 Å². The molecule has 0 unspecified atom stereocenters. The molecule has 1 aliphatic heterocycles.